The summed E-state index contributed by atoms with van der Waals surface area (Å²) in [6, 6.07) is 0.556. The monoisotopic (exact) mass is 397 g/mol. The fraction of sp³-hybridized carbons (Fsp3) is 0.636. The van der Waals surface area contributed by atoms with E-state index < -0.39 is 0 Å². The van der Waals surface area contributed by atoms with Gasteiger partial charge in [0.05, 0.1) is 3.57 Å². The van der Waals surface area contributed by atoms with Crippen LogP contribution in [0.15, 0.2) is 12.5 Å². The summed E-state index contributed by atoms with van der Waals surface area (Å²) in [6.45, 7) is 5.44. The molecule has 0 aromatic carbocycles. The summed E-state index contributed by atoms with van der Waals surface area (Å²) < 4.78 is 1.12. The van der Waals surface area contributed by atoms with Gasteiger partial charge in [0.1, 0.15) is 12.1 Å². The number of nitrogens with zero attached hydrogens (tertiary/aromatic N) is 3. The molecular formula is C11H17BrIN3. The van der Waals surface area contributed by atoms with Crippen LogP contribution < -0.4 is 4.90 Å². The summed E-state index contributed by atoms with van der Waals surface area (Å²) in [6.07, 6.45) is 5.78. The van der Waals surface area contributed by atoms with Crippen LogP contribution in [-0.2, 0) is 0 Å². The molecule has 1 aromatic heterocycles. The Labute approximate surface area is 119 Å². The molecule has 0 atom stereocenters. The van der Waals surface area contributed by atoms with E-state index in [0.29, 0.717) is 6.04 Å². The predicted molar refractivity (Wildman–Crippen MR) is 80.3 cm³/mol. The van der Waals surface area contributed by atoms with Gasteiger partial charge >= 0.3 is 0 Å². The van der Waals surface area contributed by atoms with Gasteiger partial charge in [0.15, 0.2) is 0 Å². The van der Waals surface area contributed by atoms with E-state index in [9.17, 15) is 0 Å². The second-order valence-electron chi connectivity index (χ2n) is 3.55. The van der Waals surface area contributed by atoms with Crippen molar-refractivity contribution in [3.05, 3.63) is 16.1 Å². The van der Waals surface area contributed by atoms with Crippen LogP contribution >= 0.6 is 38.5 Å². The van der Waals surface area contributed by atoms with E-state index in [-0.39, 0.29) is 0 Å². The molecule has 0 unspecified atom stereocenters. The Hall–Kier alpha value is 0.0900. The average molecular weight is 398 g/mol. The Morgan fingerprint density at radius 1 is 1.44 bits per heavy atom. The Morgan fingerprint density at radius 2 is 2.12 bits per heavy atom. The summed E-state index contributed by atoms with van der Waals surface area (Å²) in [5.41, 5.74) is 0. The van der Waals surface area contributed by atoms with E-state index in [1.165, 1.54) is 0 Å². The van der Waals surface area contributed by atoms with Gasteiger partial charge in [-0.1, -0.05) is 29.8 Å². The maximum absolute atomic E-state index is 4.40. The van der Waals surface area contributed by atoms with Crippen LogP contribution in [0.1, 0.15) is 26.7 Å². The lowest BCUT2D eigenvalue weighted by Gasteiger charge is -2.31. The van der Waals surface area contributed by atoms with Crippen LogP contribution in [0, 0.1) is 3.57 Å². The molecule has 0 saturated heterocycles. The molecule has 1 aromatic rings. The molecular weight excluding hydrogens is 381 g/mol. The summed E-state index contributed by atoms with van der Waals surface area (Å²) in [4.78, 5) is 10.8. The first-order valence-corrected chi connectivity index (χ1v) is 7.72. The summed E-state index contributed by atoms with van der Waals surface area (Å²) in [5.74, 6) is 1.06. The van der Waals surface area contributed by atoms with Crippen molar-refractivity contribution in [2.75, 3.05) is 16.8 Å². The SMILES string of the molecule is CCC(CC)N(CCBr)c1ncncc1I. The van der Waals surface area contributed by atoms with Gasteiger partial charge in [-0.15, -0.1) is 0 Å². The van der Waals surface area contributed by atoms with Gasteiger partial charge in [-0.2, -0.15) is 0 Å². The summed E-state index contributed by atoms with van der Waals surface area (Å²) >= 11 is 5.81. The van der Waals surface area contributed by atoms with E-state index in [2.05, 4.69) is 67.2 Å². The smallest absolute Gasteiger partial charge is 0.145 e. The molecule has 0 fully saturated rings. The minimum absolute atomic E-state index is 0.556. The lowest BCUT2D eigenvalue weighted by molar-refractivity contribution is 0.562. The van der Waals surface area contributed by atoms with Crippen molar-refractivity contribution in [1.82, 2.24) is 9.97 Å². The molecule has 0 amide bonds. The quantitative estimate of drug-likeness (QED) is 0.543. The van der Waals surface area contributed by atoms with Gasteiger partial charge in [-0.05, 0) is 35.4 Å². The topological polar surface area (TPSA) is 29.0 Å². The van der Waals surface area contributed by atoms with Crippen molar-refractivity contribution in [3.8, 4) is 0 Å². The molecule has 0 spiro atoms. The number of alkyl halides is 1. The van der Waals surface area contributed by atoms with Crippen molar-refractivity contribution in [2.24, 2.45) is 0 Å². The van der Waals surface area contributed by atoms with Crippen molar-refractivity contribution in [1.29, 1.82) is 0 Å². The van der Waals surface area contributed by atoms with Crippen molar-refractivity contribution >= 4 is 44.3 Å². The lowest BCUT2D eigenvalue weighted by atomic mass is 10.1. The Morgan fingerprint density at radius 3 is 2.62 bits per heavy atom. The zero-order valence-corrected chi connectivity index (χ0v) is 13.4. The maximum atomic E-state index is 4.40. The van der Waals surface area contributed by atoms with Gasteiger partial charge < -0.3 is 4.90 Å². The molecule has 0 aliphatic heterocycles. The fourth-order valence-corrected chi connectivity index (χ4v) is 2.79. The largest absolute Gasteiger partial charge is 0.352 e. The van der Waals surface area contributed by atoms with Gasteiger partial charge in [0.25, 0.3) is 0 Å². The van der Waals surface area contributed by atoms with Crippen molar-refractivity contribution < 1.29 is 0 Å². The maximum Gasteiger partial charge on any atom is 0.145 e. The van der Waals surface area contributed by atoms with Crippen LogP contribution in [0.3, 0.4) is 0 Å². The Kier molecular flexibility index (Phi) is 6.57. The summed E-state index contributed by atoms with van der Waals surface area (Å²) in [5, 5.41) is 0.962. The summed E-state index contributed by atoms with van der Waals surface area (Å²) in [7, 11) is 0. The predicted octanol–water partition coefficient (Wildman–Crippen LogP) is 3.47. The van der Waals surface area contributed by atoms with Gasteiger partial charge in [-0.25, -0.2) is 9.97 Å². The minimum atomic E-state index is 0.556. The zero-order chi connectivity index (χ0) is 12.0. The molecule has 0 bridgehead atoms. The zero-order valence-electron chi connectivity index (χ0n) is 9.66. The molecule has 0 aliphatic rings. The molecule has 5 heteroatoms. The second kappa shape index (κ2) is 7.42. The number of halogens is 2. The minimum Gasteiger partial charge on any atom is -0.352 e. The second-order valence-corrected chi connectivity index (χ2v) is 5.50. The molecule has 0 radical (unpaired) electrons. The number of hydrogen-bond acceptors (Lipinski definition) is 3. The molecule has 3 nitrogen and oxygen atoms in total. The number of hydrogen-bond donors (Lipinski definition) is 0. The van der Waals surface area contributed by atoms with E-state index in [4.69, 9.17) is 0 Å². The van der Waals surface area contributed by atoms with Crippen LogP contribution in [0.2, 0.25) is 0 Å². The average Bonchev–Trinajstić information content (AvgIpc) is 2.30. The fourth-order valence-electron chi connectivity index (χ4n) is 1.80. The highest BCUT2D eigenvalue weighted by atomic mass is 127. The van der Waals surface area contributed by atoms with Gasteiger partial charge in [-0.3, -0.25) is 0 Å². The first kappa shape index (κ1) is 14.2. The first-order chi connectivity index (χ1) is 7.74. The first-order valence-electron chi connectivity index (χ1n) is 5.52. The molecule has 0 saturated carbocycles. The highest BCUT2D eigenvalue weighted by molar-refractivity contribution is 14.1. The number of anilines is 1. The van der Waals surface area contributed by atoms with Crippen molar-refractivity contribution in [2.45, 2.75) is 32.7 Å². The van der Waals surface area contributed by atoms with Crippen LogP contribution in [0.4, 0.5) is 5.82 Å². The Balaban J connectivity index is 2.97. The van der Waals surface area contributed by atoms with Crippen LogP contribution in [0.25, 0.3) is 0 Å². The van der Waals surface area contributed by atoms with E-state index in [0.717, 1.165) is 34.1 Å². The molecule has 90 valence electrons. The molecule has 16 heavy (non-hydrogen) atoms. The highest BCUT2D eigenvalue weighted by Crippen LogP contribution is 2.22. The molecule has 1 rings (SSSR count). The van der Waals surface area contributed by atoms with Crippen LogP contribution in [0.5, 0.6) is 0 Å². The standard InChI is InChI=1S/C11H17BrIN3/c1-3-9(4-2)16(6-5-12)11-10(13)7-14-8-15-11/h7-9H,3-6H2,1-2H3. The van der Waals surface area contributed by atoms with Gasteiger partial charge in [0.2, 0.25) is 0 Å². The van der Waals surface area contributed by atoms with Gasteiger partial charge in [0, 0.05) is 24.1 Å². The van der Waals surface area contributed by atoms with Crippen molar-refractivity contribution in [3.63, 3.8) is 0 Å². The highest BCUT2D eigenvalue weighted by Gasteiger charge is 2.18. The molecule has 0 aliphatic carbocycles. The third-order valence-electron chi connectivity index (χ3n) is 2.63. The number of aromatic nitrogens is 2. The van der Waals surface area contributed by atoms with E-state index in [1.807, 2.05) is 6.20 Å². The third-order valence-corrected chi connectivity index (χ3v) is 3.74. The lowest BCUT2D eigenvalue weighted by Crippen LogP contribution is -2.37. The van der Waals surface area contributed by atoms with E-state index in [1.54, 1.807) is 6.33 Å². The van der Waals surface area contributed by atoms with E-state index >= 15 is 0 Å². The number of rotatable bonds is 6. The normalized spacial score (nSPS) is 10.8. The Bertz CT molecular complexity index is 318. The van der Waals surface area contributed by atoms with Crippen LogP contribution in [-0.4, -0.2) is 27.9 Å². The third kappa shape index (κ3) is 3.55. The molecule has 0 N–H and O–H groups in total. The molecule has 1 heterocycles.